The van der Waals surface area contributed by atoms with Gasteiger partial charge in [-0.2, -0.15) is 0 Å². The zero-order valence-corrected chi connectivity index (χ0v) is 13.8. The highest BCUT2D eigenvalue weighted by atomic mass is 16.5. The van der Waals surface area contributed by atoms with Crippen molar-refractivity contribution in [1.82, 2.24) is 5.32 Å². The number of ether oxygens (including phenoxy) is 1. The molecule has 0 heterocycles. The topological polar surface area (TPSA) is 75.6 Å². The first-order valence-electron chi connectivity index (χ1n) is 7.81. The minimum atomic E-state index is -1.03. The Balaban J connectivity index is 2.03. The molecule has 0 unspecified atom stereocenters. The van der Waals surface area contributed by atoms with Crippen molar-refractivity contribution >= 4 is 11.9 Å². The molecule has 126 valence electrons. The molecule has 5 nitrogen and oxygen atoms in total. The van der Waals surface area contributed by atoms with Crippen molar-refractivity contribution in [2.75, 3.05) is 6.61 Å². The molecule has 0 bridgehead atoms. The molecule has 2 aromatic rings. The van der Waals surface area contributed by atoms with Gasteiger partial charge in [-0.1, -0.05) is 30.3 Å². The SMILES string of the molecule is CCOc1cc(C)ccc1CNC(=O)Cc1ccccc1C(=O)O. The first-order valence-corrected chi connectivity index (χ1v) is 7.81. The maximum atomic E-state index is 12.2. The molecular weight excluding hydrogens is 306 g/mol. The van der Waals surface area contributed by atoms with E-state index in [4.69, 9.17) is 9.84 Å². The van der Waals surface area contributed by atoms with Gasteiger partial charge in [-0.05, 0) is 37.1 Å². The molecule has 0 aromatic heterocycles. The molecular formula is C19H21NO4. The average molecular weight is 327 g/mol. The maximum absolute atomic E-state index is 12.2. The normalized spacial score (nSPS) is 10.2. The summed E-state index contributed by atoms with van der Waals surface area (Å²) in [6.07, 6.45) is 0.0261. The standard InChI is InChI=1S/C19H21NO4/c1-3-24-17-10-13(2)8-9-15(17)12-20-18(21)11-14-6-4-5-7-16(14)19(22)23/h4-10H,3,11-12H2,1-2H3,(H,20,21)(H,22,23). The van der Waals surface area contributed by atoms with Gasteiger partial charge in [0.1, 0.15) is 5.75 Å². The van der Waals surface area contributed by atoms with Crippen LogP contribution < -0.4 is 10.1 Å². The number of rotatable bonds is 7. The molecule has 0 spiro atoms. The van der Waals surface area contributed by atoms with E-state index in [1.807, 2.05) is 32.0 Å². The minimum Gasteiger partial charge on any atom is -0.494 e. The number of hydrogen-bond donors (Lipinski definition) is 2. The Labute approximate surface area is 141 Å². The van der Waals surface area contributed by atoms with Gasteiger partial charge in [0.2, 0.25) is 5.91 Å². The molecule has 0 aliphatic rings. The third-order valence-corrected chi connectivity index (χ3v) is 3.60. The van der Waals surface area contributed by atoms with Gasteiger partial charge in [-0.25, -0.2) is 4.79 Å². The van der Waals surface area contributed by atoms with Crippen LogP contribution in [0.5, 0.6) is 5.75 Å². The number of carboxylic acids is 1. The van der Waals surface area contributed by atoms with E-state index < -0.39 is 5.97 Å². The molecule has 0 aliphatic carbocycles. The fourth-order valence-electron chi connectivity index (χ4n) is 2.41. The van der Waals surface area contributed by atoms with Crippen molar-refractivity contribution < 1.29 is 19.4 Å². The van der Waals surface area contributed by atoms with Crippen LogP contribution >= 0.6 is 0 Å². The number of carbonyl (C=O) groups excluding carboxylic acids is 1. The predicted molar refractivity (Wildman–Crippen MR) is 91.3 cm³/mol. The van der Waals surface area contributed by atoms with Crippen LogP contribution in [-0.2, 0) is 17.8 Å². The molecule has 2 N–H and O–H groups in total. The third-order valence-electron chi connectivity index (χ3n) is 3.60. The molecule has 1 amide bonds. The van der Waals surface area contributed by atoms with Crippen LogP contribution in [-0.4, -0.2) is 23.6 Å². The van der Waals surface area contributed by atoms with Crippen LogP contribution in [0.3, 0.4) is 0 Å². The monoisotopic (exact) mass is 327 g/mol. The molecule has 24 heavy (non-hydrogen) atoms. The van der Waals surface area contributed by atoms with E-state index in [0.29, 0.717) is 18.7 Å². The van der Waals surface area contributed by atoms with E-state index in [9.17, 15) is 9.59 Å². The lowest BCUT2D eigenvalue weighted by atomic mass is 10.0. The van der Waals surface area contributed by atoms with Crippen molar-refractivity contribution in [3.8, 4) is 5.75 Å². The lowest BCUT2D eigenvalue weighted by Crippen LogP contribution is -2.25. The molecule has 0 fully saturated rings. The Morgan fingerprint density at radius 3 is 2.58 bits per heavy atom. The zero-order valence-electron chi connectivity index (χ0n) is 13.8. The Hall–Kier alpha value is -2.82. The van der Waals surface area contributed by atoms with E-state index in [1.54, 1.807) is 18.2 Å². The summed E-state index contributed by atoms with van der Waals surface area (Å²) >= 11 is 0. The Kier molecular flexibility index (Phi) is 5.95. The number of benzene rings is 2. The highest BCUT2D eigenvalue weighted by Crippen LogP contribution is 2.20. The summed E-state index contributed by atoms with van der Waals surface area (Å²) in [4.78, 5) is 23.3. The molecule has 0 saturated carbocycles. The lowest BCUT2D eigenvalue weighted by Gasteiger charge is -2.12. The fourth-order valence-corrected chi connectivity index (χ4v) is 2.41. The summed E-state index contributed by atoms with van der Waals surface area (Å²) in [5.41, 5.74) is 2.63. The summed E-state index contributed by atoms with van der Waals surface area (Å²) in [5, 5.41) is 12.0. The molecule has 2 aromatic carbocycles. The van der Waals surface area contributed by atoms with Gasteiger partial charge < -0.3 is 15.2 Å². The van der Waals surface area contributed by atoms with Crippen LogP contribution in [0.4, 0.5) is 0 Å². The van der Waals surface area contributed by atoms with E-state index in [0.717, 1.165) is 16.9 Å². The van der Waals surface area contributed by atoms with Crippen molar-refractivity contribution in [3.63, 3.8) is 0 Å². The fraction of sp³-hybridized carbons (Fsp3) is 0.263. The van der Waals surface area contributed by atoms with Crippen molar-refractivity contribution in [1.29, 1.82) is 0 Å². The Morgan fingerprint density at radius 1 is 1.12 bits per heavy atom. The van der Waals surface area contributed by atoms with Crippen molar-refractivity contribution in [3.05, 3.63) is 64.7 Å². The minimum absolute atomic E-state index is 0.0261. The summed E-state index contributed by atoms with van der Waals surface area (Å²) in [6, 6.07) is 12.3. The van der Waals surface area contributed by atoms with E-state index in [-0.39, 0.29) is 17.9 Å². The average Bonchev–Trinajstić information content (AvgIpc) is 2.54. The Morgan fingerprint density at radius 2 is 1.88 bits per heavy atom. The number of amides is 1. The molecule has 2 rings (SSSR count). The van der Waals surface area contributed by atoms with Crippen molar-refractivity contribution in [2.45, 2.75) is 26.8 Å². The zero-order chi connectivity index (χ0) is 17.5. The van der Waals surface area contributed by atoms with Gasteiger partial charge in [-0.15, -0.1) is 0 Å². The number of carboxylic acid groups (broad SMARTS) is 1. The van der Waals surface area contributed by atoms with Gasteiger partial charge in [0, 0.05) is 12.1 Å². The summed E-state index contributed by atoms with van der Waals surface area (Å²) < 4.78 is 5.59. The predicted octanol–water partition coefficient (Wildman–Crippen LogP) is 2.95. The summed E-state index contributed by atoms with van der Waals surface area (Å²) in [6.45, 7) is 4.78. The van der Waals surface area contributed by atoms with Crippen LogP contribution in [0.25, 0.3) is 0 Å². The van der Waals surface area contributed by atoms with Crippen LogP contribution in [0, 0.1) is 6.92 Å². The number of hydrogen-bond acceptors (Lipinski definition) is 3. The van der Waals surface area contributed by atoms with E-state index in [1.165, 1.54) is 6.07 Å². The maximum Gasteiger partial charge on any atom is 0.335 e. The molecule has 0 saturated heterocycles. The third kappa shape index (κ3) is 4.59. The first kappa shape index (κ1) is 17.5. The lowest BCUT2D eigenvalue weighted by molar-refractivity contribution is -0.120. The van der Waals surface area contributed by atoms with Gasteiger partial charge in [0.05, 0.1) is 18.6 Å². The van der Waals surface area contributed by atoms with Gasteiger partial charge >= 0.3 is 5.97 Å². The van der Waals surface area contributed by atoms with Crippen molar-refractivity contribution in [2.24, 2.45) is 0 Å². The number of carbonyl (C=O) groups is 2. The van der Waals surface area contributed by atoms with Gasteiger partial charge in [0.15, 0.2) is 0 Å². The van der Waals surface area contributed by atoms with Crippen LogP contribution in [0.15, 0.2) is 42.5 Å². The summed E-state index contributed by atoms with van der Waals surface area (Å²) in [7, 11) is 0. The number of nitrogens with one attached hydrogen (secondary N) is 1. The molecule has 5 heteroatoms. The number of aromatic carboxylic acids is 1. The quantitative estimate of drug-likeness (QED) is 0.820. The van der Waals surface area contributed by atoms with E-state index >= 15 is 0 Å². The van der Waals surface area contributed by atoms with Crippen LogP contribution in [0.2, 0.25) is 0 Å². The number of aryl methyl sites for hydroxylation is 1. The largest absolute Gasteiger partial charge is 0.494 e. The molecule has 0 radical (unpaired) electrons. The second-order valence-corrected chi connectivity index (χ2v) is 5.46. The highest BCUT2D eigenvalue weighted by molar-refractivity contribution is 5.91. The highest BCUT2D eigenvalue weighted by Gasteiger charge is 2.13. The molecule has 0 atom stereocenters. The smallest absolute Gasteiger partial charge is 0.335 e. The van der Waals surface area contributed by atoms with E-state index in [2.05, 4.69) is 5.32 Å². The van der Waals surface area contributed by atoms with Crippen LogP contribution in [0.1, 0.15) is 34.0 Å². The summed E-state index contributed by atoms with van der Waals surface area (Å²) in [5.74, 6) is -0.508. The second kappa shape index (κ2) is 8.15. The Bertz CT molecular complexity index is 740. The first-order chi connectivity index (χ1) is 11.5. The van der Waals surface area contributed by atoms with Gasteiger partial charge in [0.25, 0.3) is 0 Å². The molecule has 0 aliphatic heterocycles. The van der Waals surface area contributed by atoms with Gasteiger partial charge in [-0.3, -0.25) is 4.79 Å². The second-order valence-electron chi connectivity index (χ2n) is 5.46.